The van der Waals surface area contributed by atoms with E-state index in [1.54, 1.807) is 12.1 Å². The molecule has 0 bridgehead atoms. The molecule has 0 radical (unpaired) electrons. The molecule has 0 aliphatic carbocycles. The first-order chi connectivity index (χ1) is 20.5. The Kier molecular flexibility index (Phi) is 9.61. The lowest BCUT2D eigenvalue weighted by Gasteiger charge is -2.17. The van der Waals surface area contributed by atoms with Crippen LogP contribution in [0.5, 0.6) is 5.75 Å². The molecule has 0 aliphatic heterocycles. The smallest absolute Gasteiger partial charge is 0.319 e. The minimum atomic E-state index is -0.789. The number of pyridine rings is 1. The molecule has 1 atom stereocenters. The number of urea groups is 1. The molecule has 1 unspecified atom stereocenters. The molecule has 5 N–H and O–H groups in total. The van der Waals surface area contributed by atoms with Gasteiger partial charge in [-0.1, -0.05) is 78.9 Å². The third kappa shape index (κ3) is 7.84. The highest BCUT2D eigenvalue weighted by molar-refractivity contribution is 5.89. The Bertz CT molecular complexity index is 1670. The second-order valence-electron chi connectivity index (χ2n) is 10.0. The van der Waals surface area contributed by atoms with Gasteiger partial charge in [0.1, 0.15) is 12.4 Å². The number of carbonyl (C=O) groups excluding carboxylic acids is 1. The van der Waals surface area contributed by atoms with Gasteiger partial charge in [0.05, 0.1) is 11.6 Å². The molecule has 1 heterocycles. The first-order valence-corrected chi connectivity index (χ1v) is 13.9. The Morgan fingerprint density at radius 2 is 1.57 bits per heavy atom. The van der Waals surface area contributed by atoms with Crippen LogP contribution in [0, 0.1) is 0 Å². The van der Waals surface area contributed by atoms with E-state index >= 15 is 0 Å². The summed E-state index contributed by atoms with van der Waals surface area (Å²) in [6.07, 6.45) is -0.0725. The highest BCUT2D eigenvalue weighted by Gasteiger charge is 2.15. The summed E-state index contributed by atoms with van der Waals surface area (Å²) in [7, 11) is 0. The third-order valence-corrected chi connectivity index (χ3v) is 6.90. The molecule has 1 aromatic heterocycles. The summed E-state index contributed by atoms with van der Waals surface area (Å²) < 4.78 is 6.01. The van der Waals surface area contributed by atoms with Gasteiger partial charge in [-0.25, -0.2) is 4.79 Å². The van der Waals surface area contributed by atoms with Crippen molar-refractivity contribution in [3.8, 4) is 5.75 Å². The van der Waals surface area contributed by atoms with Crippen molar-refractivity contribution in [2.75, 3.05) is 18.4 Å². The van der Waals surface area contributed by atoms with Gasteiger partial charge in [0.2, 0.25) is 5.56 Å². The maximum absolute atomic E-state index is 12.3. The number of nitrogens with one attached hydrogen (secondary N) is 4. The van der Waals surface area contributed by atoms with Crippen molar-refractivity contribution in [1.82, 2.24) is 15.6 Å². The van der Waals surface area contributed by atoms with Crippen LogP contribution in [0.4, 0.5) is 10.5 Å². The van der Waals surface area contributed by atoms with Gasteiger partial charge >= 0.3 is 6.03 Å². The van der Waals surface area contributed by atoms with Crippen LogP contribution in [0.3, 0.4) is 0 Å². The van der Waals surface area contributed by atoms with Crippen LogP contribution in [0.2, 0.25) is 0 Å². The molecule has 0 saturated heterocycles. The van der Waals surface area contributed by atoms with Gasteiger partial charge in [-0.05, 0) is 59.5 Å². The lowest BCUT2D eigenvalue weighted by atomic mass is 10.0. The zero-order valence-electron chi connectivity index (χ0n) is 23.2. The first-order valence-electron chi connectivity index (χ1n) is 13.9. The van der Waals surface area contributed by atoms with Gasteiger partial charge in [-0.2, -0.15) is 0 Å². The summed E-state index contributed by atoms with van der Waals surface area (Å²) in [5.74, 6) is 0.553. The monoisotopic (exact) mass is 562 g/mol. The Labute approximate surface area is 244 Å². The fraction of sp³-hybridized carbons (Fsp3) is 0.176. The molecule has 0 saturated carbocycles. The number of carbonyl (C=O) groups is 1. The minimum Gasteiger partial charge on any atom is -0.487 e. The van der Waals surface area contributed by atoms with Crippen molar-refractivity contribution in [2.45, 2.75) is 25.7 Å². The third-order valence-electron chi connectivity index (χ3n) is 6.90. The van der Waals surface area contributed by atoms with Crippen molar-refractivity contribution in [2.24, 2.45) is 0 Å². The van der Waals surface area contributed by atoms with Crippen molar-refractivity contribution in [1.29, 1.82) is 0 Å². The topological polar surface area (TPSA) is 115 Å². The number of fused-ring (bicyclic) bond motifs is 1. The SMILES string of the molecule is O=C(NCc1ccccc1)Nc1cccc(CCNCC(O)c2ccc(OCc3ccccc3)c3[nH]c(=O)ccc23)c1. The number of aliphatic hydroxyl groups excluding tert-OH is 1. The molecule has 0 spiro atoms. The predicted octanol–water partition coefficient (Wildman–Crippen LogP) is 5.29. The number of aliphatic hydroxyl groups is 1. The number of benzene rings is 4. The fourth-order valence-corrected chi connectivity index (χ4v) is 4.73. The molecule has 214 valence electrons. The van der Waals surface area contributed by atoms with E-state index in [1.807, 2.05) is 91.0 Å². The van der Waals surface area contributed by atoms with E-state index < -0.39 is 6.10 Å². The van der Waals surface area contributed by atoms with Crippen molar-refractivity contribution < 1.29 is 14.6 Å². The molecule has 8 nitrogen and oxygen atoms in total. The summed E-state index contributed by atoms with van der Waals surface area (Å²) in [5.41, 5.74) is 4.85. The van der Waals surface area contributed by atoms with Crippen molar-refractivity contribution in [3.05, 3.63) is 142 Å². The Hall–Kier alpha value is -4.92. The standard InChI is InChI=1S/C34H34N4O4/c39-30(28-14-16-31(33-29(28)15-17-32(40)38-33)42-23-26-10-5-2-6-11-26)22-35-19-18-24-12-7-13-27(20-24)37-34(41)36-21-25-8-3-1-4-9-25/h1-17,20,30,35,39H,18-19,21-23H2,(H,38,40)(H2,36,37,41). The van der Waals surface area contributed by atoms with E-state index in [1.165, 1.54) is 6.07 Å². The van der Waals surface area contributed by atoms with Crippen LogP contribution < -0.4 is 26.2 Å². The summed E-state index contributed by atoms with van der Waals surface area (Å²) in [4.78, 5) is 27.3. The molecule has 42 heavy (non-hydrogen) atoms. The Morgan fingerprint density at radius 1 is 0.833 bits per heavy atom. The molecular weight excluding hydrogens is 528 g/mol. The van der Waals surface area contributed by atoms with Gasteiger partial charge in [0, 0.05) is 30.2 Å². The number of rotatable bonds is 12. The van der Waals surface area contributed by atoms with Crippen molar-refractivity contribution >= 4 is 22.6 Å². The zero-order valence-corrected chi connectivity index (χ0v) is 23.2. The number of ether oxygens (including phenoxy) is 1. The molecular formula is C34H34N4O4. The maximum Gasteiger partial charge on any atom is 0.319 e. The number of hydrogen-bond donors (Lipinski definition) is 5. The fourth-order valence-electron chi connectivity index (χ4n) is 4.73. The lowest BCUT2D eigenvalue weighted by molar-refractivity contribution is 0.176. The van der Waals surface area contributed by atoms with Crippen LogP contribution in [0.1, 0.15) is 28.4 Å². The van der Waals surface area contributed by atoms with E-state index in [-0.39, 0.29) is 11.6 Å². The van der Waals surface area contributed by atoms with Crippen LogP contribution in [-0.4, -0.2) is 29.2 Å². The van der Waals surface area contributed by atoms with Gasteiger partial charge < -0.3 is 30.8 Å². The second kappa shape index (κ2) is 14.1. The summed E-state index contributed by atoms with van der Waals surface area (Å²) in [5, 5.41) is 20.8. The highest BCUT2D eigenvalue weighted by atomic mass is 16.5. The van der Waals surface area contributed by atoms with Crippen LogP contribution >= 0.6 is 0 Å². The average molecular weight is 563 g/mol. The van der Waals surface area contributed by atoms with Crippen LogP contribution in [0.25, 0.3) is 10.9 Å². The van der Waals surface area contributed by atoms with E-state index in [0.29, 0.717) is 55.2 Å². The van der Waals surface area contributed by atoms with E-state index in [2.05, 4.69) is 20.9 Å². The van der Waals surface area contributed by atoms with E-state index in [9.17, 15) is 14.7 Å². The van der Waals surface area contributed by atoms with Crippen molar-refractivity contribution in [3.63, 3.8) is 0 Å². The number of aromatic nitrogens is 1. The summed E-state index contributed by atoms with van der Waals surface area (Å²) in [6.45, 7) is 1.78. The molecule has 4 aromatic carbocycles. The van der Waals surface area contributed by atoms with Crippen LogP contribution in [-0.2, 0) is 19.6 Å². The molecule has 2 amide bonds. The normalized spacial score (nSPS) is 11.6. The number of amides is 2. The minimum absolute atomic E-state index is 0.234. The Morgan fingerprint density at radius 3 is 2.36 bits per heavy atom. The molecule has 5 aromatic rings. The zero-order chi connectivity index (χ0) is 29.1. The quantitative estimate of drug-likeness (QED) is 0.133. The Balaban J connectivity index is 1.14. The largest absolute Gasteiger partial charge is 0.487 e. The molecule has 8 heteroatoms. The lowest BCUT2D eigenvalue weighted by Crippen LogP contribution is -2.28. The van der Waals surface area contributed by atoms with Gasteiger partial charge in [-0.3, -0.25) is 4.79 Å². The summed E-state index contributed by atoms with van der Waals surface area (Å²) >= 11 is 0. The molecule has 0 fully saturated rings. The number of aromatic amines is 1. The van der Waals surface area contributed by atoms with Gasteiger partial charge in [-0.15, -0.1) is 0 Å². The predicted molar refractivity (Wildman–Crippen MR) is 166 cm³/mol. The van der Waals surface area contributed by atoms with E-state index in [4.69, 9.17) is 4.74 Å². The average Bonchev–Trinajstić information content (AvgIpc) is 3.02. The second-order valence-corrected chi connectivity index (χ2v) is 10.0. The molecule has 0 aliphatic rings. The number of anilines is 1. The van der Waals surface area contributed by atoms with E-state index in [0.717, 1.165) is 22.1 Å². The summed E-state index contributed by atoms with van der Waals surface area (Å²) in [6, 6.07) is 33.8. The molecule has 5 rings (SSSR count). The number of hydrogen-bond acceptors (Lipinski definition) is 5. The van der Waals surface area contributed by atoms with Gasteiger partial charge in [0.15, 0.2) is 0 Å². The van der Waals surface area contributed by atoms with Crippen LogP contribution in [0.15, 0.2) is 114 Å². The maximum atomic E-state index is 12.3. The van der Waals surface area contributed by atoms with Gasteiger partial charge in [0.25, 0.3) is 0 Å². The number of H-pyrrole nitrogens is 1. The first kappa shape index (κ1) is 28.6. The highest BCUT2D eigenvalue weighted by Crippen LogP contribution is 2.30.